The second-order valence-corrected chi connectivity index (χ2v) is 8.56. The zero-order valence-corrected chi connectivity index (χ0v) is 14.5. The second kappa shape index (κ2) is 6.39. The van der Waals surface area contributed by atoms with E-state index in [-0.39, 0.29) is 5.41 Å². The van der Waals surface area contributed by atoms with E-state index >= 15 is 0 Å². The predicted molar refractivity (Wildman–Crippen MR) is 91.2 cm³/mol. The maximum absolute atomic E-state index is 12.8. The number of hydrogen-bond acceptors (Lipinski definition) is 2. The molecule has 0 amide bonds. The standard InChI is InChI=1S/C18H25NO2S/c1-15(2)14-19(13-5-10-18(4)11-12-18)22(20,21)17-8-6-16(3)7-9-17/h5-10H,1,11-14H2,2-4H3/b10-5-. The second-order valence-electron chi connectivity index (χ2n) is 6.62. The summed E-state index contributed by atoms with van der Waals surface area (Å²) in [6.07, 6.45) is 6.49. The summed E-state index contributed by atoms with van der Waals surface area (Å²) in [7, 11) is -3.49. The lowest BCUT2D eigenvalue weighted by molar-refractivity contribution is 0.466. The Bertz CT molecular complexity index is 668. The Hall–Kier alpha value is -1.39. The van der Waals surface area contributed by atoms with E-state index in [0.29, 0.717) is 18.0 Å². The third kappa shape index (κ3) is 4.31. The summed E-state index contributed by atoms with van der Waals surface area (Å²) >= 11 is 0. The quantitative estimate of drug-likeness (QED) is 0.714. The normalized spacial score (nSPS) is 17.1. The number of nitrogens with zero attached hydrogens (tertiary/aromatic N) is 1. The number of aryl methyl sites for hydroxylation is 1. The highest BCUT2D eigenvalue weighted by Gasteiger charge is 2.34. The molecule has 3 nitrogen and oxygen atoms in total. The van der Waals surface area contributed by atoms with Gasteiger partial charge in [0.2, 0.25) is 10.0 Å². The van der Waals surface area contributed by atoms with Crippen LogP contribution in [-0.2, 0) is 10.0 Å². The zero-order valence-electron chi connectivity index (χ0n) is 13.7. The van der Waals surface area contributed by atoms with Crippen LogP contribution in [0.3, 0.4) is 0 Å². The molecule has 1 saturated carbocycles. The van der Waals surface area contributed by atoms with Crippen molar-refractivity contribution in [3.8, 4) is 0 Å². The number of allylic oxidation sites excluding steroid dienone is 1. The highest BCUT2D eigenvalue weighted by Crippen LogP contribution is 2.46. The van der Waals surface area contributed by atoms with E-state index < -0.39 is 10.0 Å². The number of rotatable bonds is 7. The number of hydrogen-bond donors (Lipinski definition) is 0. The van der Waals surface area contributed by atoms with Crippen molar-refractivity contribution in [3.05, 3.63) is 54.1 Å². The third-order valence-electron chi connectivity index (χ3n) is 3.97. The van der Waals surface area contributed by atoms with E-state index in [0.717, 1.165) is 11.1 Å². The smallest absolute Gasteiger partial charge is 0.207 e. The molecule has 0 radical (unpaired) electrons. The van der Waals surface area contributed by atoms with Crippen molar-refractivity contribution in [2.45, 2.75) is 38.5 Å². The minimum Gasteiger partial charge on any atom is -0.207 e. The van der Waals surface area contributed by atoms with Gasteiger partial charge in [0.25, 0.3) is 0 Å². The lowest BCUT2D eigenvalue weighted by Gasteiger charge is -2.21. The summed E-state index contributed by atoms with van der Waals surface area (Å²) in [5, 5.41) is 0. The van der Waals surface area contributed by atoms with Gasteiger partial charge in [-0.1, -0.05) is 48.9 Å². The molecule has 1 fully saturated rings. The van der Waals surface area contributed by atoms with Gasteiger partial charge in [-0.05, 0) is 44.2 Å². The molecule has 2 rings (SSSR count). The maximum Gasteiger partial charge on any atom is 0.243 e. The van der Waals surface area contributed by atoms with Crippen LogP contribution in [0.25, 0.3) is 0 Å². The minimum absolute atomic E-state index is 0.280. The molecule has 0 N–H and O–H groups in total. The van der Waals surface area contributed by atoms with Crippen molar-refractivity contribution in [3.63, 3.8) is 0 Å². The van der Waals surface area contributed by atoms with E-state index in [1.54, 1.807) is 12.1 Å². The molecular weight excluding hydrogens is 294 g/mol. The Morgan fingerprint density at radius 2 is 1.91 bits per heavy atom. The van der Waals surface area contributed by atoms with Crippen LogP contribution in [0.4, 0.5) is 0 Å². The lowest BCUT2D eigenvalue weighted by Crippen LogP contribution is -2.32. The van der Waals surface area contributed by atoms with Crippen LogP contribution in [0.15, 0.2) is 53.5 Å². The van der Waals surface area contributed by atoms with Gasteiger partial charge < -0.3 is 0 Å². The molecule has 0 unspecified atom stereocenters. The molecule has 1 aromatic carbocycles. The molecular formula is C18H25NO2S. The van der Waals surface area contributed by atoms with Crippen LogP contribution < -0.4 is 0 Å². The summed E-state index contributed by atoms with van der Waals surface area (Å²) in [5.74, 6) is 0. The van der Waals surface area contributed by atoms with Gasteiger partial charge in [0.15, 0.2) is 0 Å². The Morgan fingerprint density at radius 1 is 1.32 bits per heavy atom. The average Bonchev–Trinajstić information content (AvgIpc) is 3.15. The van der Waals surface area contributed by atoms with Crippen molar-refractivity contribution in [1.29, 1.82) is 0 Å². The largest absolute Gasteiger partial charge is 0.243 e. The molecule has 120 valence electrons. The summed E-state index contributed by atoms with van der Waals surface area (Å²) in [4.78, 5) is 0.338. The fourth-order valence-corrected chi connectivity index (χ4v) is 3.68. The average molecular weight is 319 g/mol. The van der Waals surface area contributed by atoms with Crippen molar-refractivity contribution >= 4 is 10.0 Å². The summed E-state index contributed by atoms with van der Waals surface area (Å²) in [5.41, 5.74) is 2.16. The molecule has 22 heavy (non-hydrogen) atoms. The lowest BCUT2D eigenvalue weighted by atomic mass is 10.1. The molecule has 0 saturated heterocycles. The number of benzene rings is 1. The zero-order chi connectivity index (χ0) is 16.4. The fourth-order valence-electron chi connectivity index (χ4n) is 2.23. The summed E-state index contributed by atoms with van der Waals surface area (Å²) in [6, 6.07) is 6.99. The Kier molecular flexibility index (Phi) is 4.93. The SMILES string of the molecule is C=C(C)CN(C/C=C\C1(C)CC1)S(=O)(=O)c1ccc(C)cc1. The van der Waals surface area contributed by atoms with E-state index in [4.69, 9.17) is 0 Å². The van der Waals surface area contributed by atoms with Crippen LogP contribution in [-0.4, -0.2) is 25.8 Å². The Morgan fingerprint density at radius 3 is 2.41 bits per heavy atom. The van der Waals surface area contributed by atoms with Crippen molar-refractivity contribution in [2.24, 2.45) is 5.41 Å². The topological polar surface area (TPSA) is 37.4 Å². The van der Waals surface area contributed by atoms with Gasteiger partial charge >= 0.3 is 0 Å². The molecule has 0 aliphatic heterocycles. The van der Waals surface area contributed by atoms with Gasteiger partial charge in [0.05, 0.1) is 4.90 Å². The predicted octanol–water partition coefficient (Wildman–Crippen LogP) is 3.92. The molecule has 0 spiro atoms. The fraction of sp³-hybridized carbons (Fsp3) is 0.444. The molecule has 1 aliphatic rings. The highest BCUT2D eigenvalue weighted by atomic mass is 32.2. The highest BCUT2D eigenvalue weighted by molar-refractivity contribution is 7.89. The first-order valence-corrected chi connectivity index (χ1v) is 9.06. The molecule has 0 aromatic heterocycles. The first-order valence-electron chi connectivity index (χ1n) is 7.62. The number of sulfonamides is 1. The van der Waals surface area contributed by atoms with Crippen LogP contribution in [0.1, 0.15) is 32.3 Å². The molecule has 0 heterocycles. The summed E-state index contributed by atoms with van der Waals surface area (Å²) < 4.78 is 27.1. The van der Waals surface area contributed by atoms with Gasteiger partial charge in [-0.15, -0.1) is 0 Å². The van der Waals surface area contributed by atoms with Crippen LogP contribution in [0.5, 0.6) is 0 Å². The van der Waals surface area contributed by atoms with Gasteiger partial charge in [-0.2, -0.15) is 4.31 Å². The van der Waals surface area contributed by atoms with E-state index in [1.165, 1.54) is 17.1 Å². The molecule has 1 aromatic rings. The van der Waals surface area contributed by atoms with Crippen LogP contribution in [0.2, 0.25) is 0 Å². The summed E-state index contributed by atoms with van der Waals surface area (Å²) in [6.45, 7) is 10.6. The molecule has 1 aliphatic carbocycles. The minimum atomic E-state index is -3.49. The van der Waals surface area contributed by atoms with Gasteiger partial charge in [-0.3, -0.25) is 0 Å². The molecule has 4 heteroatoms. The van der Waals surface area contributed by atoms with E-state index in [2.05, 4.69) is 19.6 Å². The van der Waals surface area contributed by atoms with Crippen molar-refractivity contribution in [1.82, 2.24) is 4.31 Å². The first-order chi connectivity index (χ1) is 10.2. The van der Waals surface area contributed by atoms with Gasteiger partial charge in [0.1, 0.15) is 0 Å². The van der Waals surface area contributed by atoms with Gasteiger partial charge in [0, 0.05) is 13.1 Å². The van der Waals surface area contributed by atoms with E-state index in [1.807, 2.05) is 32.1 Å². The van der Waals surface area contributed by atoms with Crippen LogP contribution >= 0.6 is 0 Å². The molecule has 0 bridgehead atoms. The maximum atomic E-state index is 12.8. The molecule has 0 atom stereocenters. The first kappa shape index (κ1) is 17.0. The Labute approximate surface area is 134 Å². The van der Waals surface area contributed by atoms with Crippen LogP contribution in [0, 0.1) is 12.3 Å². The van der Waals surface area contributed by atoms with Gasteiger partial charge in [-0.25, -0.2) is 8.42 Å². The van der Waals surface area contributed by atoms with Crippen molar-refractivity contribution in [2.75, 3.05) is 13.1 Å². The third-order valence-corrected chi connectivity index (χ3v) is 5.80. The Balaban J connectivity index is 2.20. The van der Waals surface area contributed by atoms with E-state index in [9.17, 15) is 8.42 Å². The van der Waals surface area contributed by atoms with Crippen molar-refractivity contribution < 1.29 is 8.42 Å². The monoisotopic (exact) mass is 319 g/mol.